The lowest BCUT2D eigenvalue weighted by Gasteiger charge is -2.07. The predicted octanol–water partition coefficient (Wildman–Crippen LogP) is 4.02. The maximum Gasteiger partial charge on any atom is 0.269 e. The van der Waals surface area contributed by atoms with Gasteiger partial charge in [0.05, 0.1) is 30.3 Å². The number of nitrogens with zero attached hydrogens (tertiary/aromatic N) is 5. The van der Waals surface area contributed by atoms with Gasteiger partial charge in [-0.3, -0.25) is 10.1 Å². The molecule has 2 heterocycles. The number of hydrogen-bond donors (Lipinski definition) is 0. The van der Waals surface area contributed by atoms with Crippen LogP contribution >= 0.6 is 11.6 Å². The van der Waals surface area contributed by atoms with Crippen molar-refractivity contribution in [3.05, 3.63) is 81.3 Å². The number of fused-ring (bicyclic) bond motifs is 1. The highest BCUT2D eigenvalue weighted by atomic mass is 35.5. The van der Waals surface area contributed by atoms with Crippen molar-refractivity contribution in [3.63, 3.8) is 0 Å². The summed E-state index contributed by atoms with van der Waals surface area (Å²) < 4.78 is 12.5. The van der Waals surface area contributed by atoms with Crippen molar-refractivity contribution in [1.82, 2.24) is 20.0 Å². The van der Waals surface area contributed by atoms with Crippen LogP contribution in [0.15, 0.2) is 54.7 Å². The summed E-state index contributed by atoms with van der Waals surface area (Å²) in [6, 6.07) is 13.4. The molecule has 0 aliphatic heterocycles. The Balaban J connectivity index is 1.45. The van der Waals surface area contributed by atoms with Crippen LogP contribution in [0.3, 0.4) is 0 Å². The van der Waals surface area contributed by atoms with Gasteiger partial charge in [0, 0.05) is 23.1 Å². The van der Waals surface area contributed by atoms with Crippen LogP contribution in [0.1, 0.15) is 11.3 Å². The molecule has 2 aromatic heterocycles. The van der Waals surface area contributed by atoms with E-state index in [-0.39, 0.29) is 12.3 Å². The summed E-state index contributed by atoms with van der Waals surface area (Å²) in [5, 5.41) is 20.2. The smallest absolute Gasteiger partial charge is 0.269 e. The van der Waals surface area contributed by atoms with Crippen molar-refractivity contribution < 1.29 is 14.4 Å². The van der Waals surface area contributed by atoms with Crippen LogP contribution in [0.25, 0.3) is 10.9 Å². The molecule has 10 heteroatoms. The van der Waals surface area contributed by atoms with Crippen LogP contribution in [0.5, 0.6) is 11.5 Å². The Hall–Kier alpha value is -3.72. The third-order valence-corrected chi connectivity index (χ3v) is 4.73. The maximum atomic E-state index is 10.7. The molecule has 0 radical (unpaired) electrons. The molecule has 0 aliphatic rings. The number of hydrogen-bond acceptors (Lipinski definition) is 7. The number of methoxy groups -OCH3 is 1. The van der Waals surface area contributed by atoms with Crippen LogP contribution in [-0.4, -0.2) is 32.0 Å². The molecule has 4 aromatic rings. The molecule has 0 aliphatic carbocycles. The van der Waals surface area contributed by atoms with E-state index in [1.165, 1.54) is 24.3 Å². The molecule has 0 amide bonds. The lowest BCUT2D eigenvalue weighted by atomic mass is 10.1. The molecule has 9 nitrogen and oxygen atoms in total. The molecule has 0 atom stereocenters. The Morgan fingerprint density at radius 1 is 1.13 bits per heavy atom. The second-order valence-electron chi connectivity index (χ2n) is 6.44. The fourth-order valence-electron chi connectivity index (χ4n) is 2.89. The molecule has 2 aromatic carbocycles. The molecule has 152 valence electrons. The molecule has 0 spiro atoms. The molecule has 0 N–H and O–H groups in total. The van der Waals surface area contributed by atoms with Crippen molar-refractivity contribution in [3.8, 4) is 11.5 Å². The van der Waals surface area contributed by atoms with E-state index in [1.807, 2.05) is 24.3 Å². The monoisotopic (exact) mass is 425 g/mol. The first-order chi connectivity index (χ1) is 14.5. The fraction of sp³-hybridized carbons (Fsp3) is 0.150. The first kappa shape index (κ1) is 19.6. The zero-order valence-corrected chi connectivity index (χ0v) is 16.6. The van der Waals surface area contributed by atoms with Gasteiger partial charge in [-0.1, -0.05) is 16.8 Å². The average Bonchev–Trinajstić information content (AvgIpc) is 3.20. The van der Waals surface area contributed by atoms with E-state index < -0.39 is 4.92 Å². The lowest BCUT2D eigenvalue weighted by molar-refractivity contribution is -0.384. The Labute approximate surface area is 176 Å². The van der Waals surface area contributed by atoms with Crippen molar-refractivity contribution in [2.24, 2.45) is 0 Å². The van der Waals surface area contributed by atoms with Gasteiger partial charge in [-0.2, -0.15) is 0 Å². The summed E-state index contributed by atoms with van der Waals surface area (Å²) in [5.74, 6) is 1.25. The van der Waals surface area contributed by atoms with Crippen LogP contribution in [-0.2, 0) is 13.2 Å². The SMILES string of the molecule is COc1ccc2nc(Cl)c(Cn3cc(COc4ccc([N+](=O)[O-])cc4)nn3)cc2c1. The highest BCUT2D eigenvalue weighted by Crippen LogP contribution is 2.25. The third-order valence-electron chi connectivity index (χ3n) is 4.40. The number of nitro benzene ring substituents is 1. The molecule has 30 heavy (non-hydrogen) atoms. The zero-order valence-electron chi connectivity index (χ0n) is 15.9. The van der Waals surface area contributed by atoms with Gasteiger partial charge in [-0.15, -0.1) is 5.10 Å². The number of nitro groups is 1. The van der Waals surface area contributed by atoms with Crippen LogP contribution in [0.2, 0.25) is 5.15 Å². The van der Waals surface area contributed by atoms with Gasteiger partial charge in [0.15, 0.2) is 0 Å². The average molecular weight is 426 g/mol. The quantitative estimate of drug-likeness (QED) is 0.250. The molecule has 0 bridgehead atoms. The summed E-state index contributed by atoms with van der Waals surface area (Å²) in [4.78, 5) is 14.7. The van der Waals surface area contributed by atoms with Crippen molar-refractivity contribution in [2.45, 2.75) is 13.2 Å². The zero-order chi connectivity index (χ0) is 21.1. The fourth-order valence-corrected chi connectivity index (χ4v) is 3.10. The van der Waals surface area contributed by atoms with E-state index in [0.29, 0.717) is 23.1 Å². The van der Waals surface area contributed by atoms with Gasteiger partial charge in [0.2, 0.25) is 0 Å². The van der Waals surface area contributed by atoms with E-state index in [9.17, 15) is 10.1 Å². The number of benzene rings is 2. The first-order valence-electron chi connectivity index (χ1n) is 8.91. The van der Waals surface area contributed by atoms with Gasteiger partial charge in [-0.05, 0) is 36.4 Å². The summed E-state index contributed by atoms with van der Waals surface area (Å²) in [6.45, 7) is 0.572. The van der Waals surface area contributed by atoms with E-state index >= 15 is 0 Å². The third kappa shape index (κ3) is 4.31. The van der Waals surface area contributed by atoms with Crippen LogP contribution < -0.4 is 9.47 Å². The standard InChI is InChI=1S/C20H16ClN5O4/c1-29-18-6-7-19-13(9-18)8-14(20(21)22-19)10-25-11-15(23-24-25)12-30-17-4-2-16(3-5-17)26(27)28/h2-9,11H,10,12H2,1H3. The van der Waals surface area contributed by atoms with E-state index in [4.69, 9.17) is 21.1 Å². The van der Waals surface area contributed by atoms with E-state index in [2.05, 4.69) is 15.3 Å². The summed E-state index contributed by atoms with van der Waals surface area (Å²) in [5.41, 5.74) is 2.19. The van der Waals surface area contributed by atoms with Crippen molar-refractivity contribution in [1.29, 1.82) is 0 Å². The number of non-ortho nitro benzene ring substituents is 1. The van der Waals surface area contributed by atoms with Gasteiger partial charge in [-0.25, -0.2) is 9.67 Å². The number of rotatable bonds is 7. The minimum absolute atomic E-state index is 0.00628. The number of pyridine rings is 1. The number of halogens is 1. The molecular weight excluding hydrogens is 410 g/mol. The minimum atomic E-state index is -0.460. The predicted molar refractivity (Wildman–Crippen MR) is 110 cm³/mol. The minimum Gasteiger partial charge on any atom is -0.497 e. The van der Waals surface area contributed by atoms with Crippen molar-refractivity contribution in [2.75, 3.05) is 7.11 Å². The van der Waals surface area contributed by atoms with Crippen LogP contribution in [0, 0.1) is 10.1 Å². The molecular formula is C20H16ClN5O4. The second kappa shape index (κ2) is 8.34. The summed E-state index contributed by atoms with van der Waals surface area (Å²) >= 11 is 6.33. The lowest BCUT2D eigenvalue weighted by Crippen LogP contribution is -2.02. The molecule has 4 rings (SSSR count). The Morgan fingerprint density at radius 3 is 2.63 bits per heavy atom. The van der Waals surface area contributed by atoms with E-state index in [1.54, 1.807) is 18.0 Å². The Bertz CT molecular complexity index is 1210. The maximum absolute atomic E-state index is 10.7. The number of ether oxygens (including phenoxy) is 2. The number of aromatic nitrogens is 4. The first-order valence-corrected chi connectivity index (χ1v) is 9.29. The highest BCUT2D eigenvalue weighted by molar-refractivity contribution is 6.30. The summed E-state index contributed by atoms with van der Waals surface area (Å²) in [7, 11) is 1.61. The molecule has 0 saturated carbocycles. The van der Waals surface area contributed by atoms with Crippen molar-refractivity contribution >= 4 is 28.2 Å². The molecule has 0 saturated heterocycles. The summed E-state index contributed by atoms with van der Waals surface area (Å²) in [6.07, 6.45) is 1.75. The van der Waals surface area contributed by atoms with Gasteiger partial charge in [0.1, 0.15) is 29.0 Å². The second-order valence-corrected chi connectivity index (χ2v) is 6.80. The molecule has 0 unspecified atom stereocenters. The Morgan fingerprint density at radius 2 is 1.90 bits per heavy atom. The topological polar surface area (TPSA) is 105 Å². The van der Waals surface area contributed by atoms with Gasteiger partial charge < -0.3 is 9.47 Å². The van der Waals surface area contributed by atoms with Crippen LogP contribution in [0.4, 0.5) is 5.69 Å². The normalized spacial score (nSPS) is 10.9. The highest BCUT2D eigenvalue weighted by Gasteiger charge is 2.10. The largest absolute Gasteiger partial charge is 0.497 e. The molecule has 0 fully saturated rings. The van der Waals surface area contributed by atoms with Gasteiger partial charge >= 0.3 is 0 Å². The Kier molecular flexibility index (Phi) is 5.44. The van der Waals surface area contributed by atoms with E-state index in [0.717, 1.165) is 22.2 Å². The van der Waals surface area contributed by atoms with Gasteiger partial charge in [0.25, 0.3) is 5.69 Å².